The average Bonchev–Trinajstić information content (AvgIpc) is 3.44. The normalized spacial score (nSPS) is 22.0. The molecular formula is C25H35ClN3O7+. The summed E-state index contributed by atoms with van der Waals surface area (Å²) in [6.45, 7) is 8.12. The molecule has 1 aromatic carbocycles. The van der Waals surface area contributed by atoms with Gasteiger partial charge < -0.3 is 19.5 Å². The molecule has 198 valence electrons. The van der Waals surface area contributed by atoms with Crippen molar-refractivity contribution in [3.05, 3.63) is 28.8 Å². The molecule has 0 saturated carbocycles. The highest BCUT2D eigenvalue weighted by Crippen LogP contribution is 2.31. The third-order valence-corrected chi connectivity index (χ3v) is 6.96. The first kappa shape index (κ1) is 27.9. The molecule has 3 atom stereocenters. The fourth-order valence-corrected chi connectivity index (χ4v) is 4.90. The molecule has 4 amide bonds. The van der Waals surface area contributed by atoms with E-state index in [4.69, 9.17) is 25.8 Å². The highest BCUT2D eigenvalue weighted by molar-refractivity contribution is 6.35. The molecule has 10 nitrogen and oxygen atoms in total. The summed E-state index contributed by atoms with van der Waals surface area (Å²) in [6, 6.07) is 3.22. The van der Waals surface area contributed by atoms with E-state index in [0.29, 0.717) is 25.2 Å². The van der Waals surface area contributed by atoms with Gasteiger partial charge in [-0.1, -0.05) is 38.4 Å². The van der Waals surface area contributed by atoms with Crippen LogP contribution in [0.5, 0.6) is 5.75 Å². The first-order valence-corrected chi connectivity index (χ1v) is 12.5. The lowest BCUT2D eigenvalue weighted by Crippen LogP contribution is -2.68. The Kier molecular flexibility index (Phi) is 8.63. The van der Waals surface area contributed by atoms with Crippen LogP contribution in [0.4, 0.5) is 4.79 Å². The number of hydrogen-bond donors (Lipinski definition) is 2. The van der Waals surface area contributed by atoms with E-state index in [1.165, 1.54) is 7.11 Å². The van der Waals surface area contributed by atoms with E-state index in [0.717, 1.165) is 0 Å². The van der Waals surface area contributed by atoms with Gasteiger partial charge in [-0.25, -0.2) is 9.59 Å². The number of esters is 1. The molecule has 0 radical (unpaired) electrons. The molecule has 1 aromatic rings. The summed E-state index contributed by atoms with van der Waals surface area (Å²) in [7, 11) is 1.45. The maximum Gasteiger partial charge on any atom is 0.427 e. The summed E-state index contributed by atoms with van der Waals surface area (Å²) in [5, 5.41) is 5.66. The summed E-state index contributed by atoms with van der Waals surface area (Å²) in [5.41, 5.74) is -0.562. The first-order chi connectivity index (χ1) is 16.9. The number of cyclic esters (lactones) is 1. The highest BCUT2D eigenvalue weighted by atomic mass is 35.5. The number of halogens is 1. The Morgan fingerprint density at radius 2 is 1.89 bits per heavy atom. The maximum absolute atomic E-state index is 14.1. The molecule has 2 aliphatic heterocycles. The number of nitrogens with one attached hydrogen (secondary N) is 2. The van der Waals surface area contributed by atoms with Gasteiger partial charge in [-0.3, -0.25) is 14.9 Å². The number of carbonyl (C=O) groups is 4. The van der Waals surface area contributed by atoms with Gasteiger partial charge in [0.15, 0.2) is 6.04 Å². The summed E-state index contributed by atoms with van der Waals surface area (Å²) in [4.78, 5) is 52.7. The predicted octanol–water partition coefficient (Wildman–Crippen LogP) is 3.02. The second-order valence-electron chi connectivity index (χ2n) is 10.1. The van der Waals surface area contributed by atoms with Crippen LogP contribution in [0.15, 0.2) is 18.2 Å². The molecule has 0 aromatic heterocycles. The zero-order valence-corrected chi connectivity index (χ0v) is 22.1. The number of nitrogens with zero attached hydrogens (tertiary/aromatic N) is 1. The number of rotatable bonds is 7. The van der Waals surface area contributed by atoms with Gasteiger partial charge >= 0.3 is 17.9 Å². The number of ether oxygens (including phenoxy) is 3. The Labute approximate surface area is 216 Å². The molecule has 2 saturated heterocycles. The van der Waals surface area contributed by atoms with E-state index in [9.17, 15) is 19.2 Å². The number of imide groups is 1. The van der Waals surface area contributed by atoms with Gasteiger partial charge in [0.1, 0.15) is 11.9 Å². The Morgan fingerprint density at radius 1 is 1.22 bits per heavy atom. The topological polar surface area (TPSA) is 120 Å². The third kappa shape index (κ3) is 5.66. The van der Waals surface area contributed by atoms with Crippen molar-refractivity contribution in [3.63, 3.8) is 0 Å². The van der Waals surface area contributed by atoms with Gasteiger partial charge in [0.25, 0.3) is 5.91 Å². The smallest absolute Gasteiger partial charge is 0.427 e. The van der Waals surface area contributed by atoms with Crippen molar-refractivity contribution in [1.82, 2.24) is 10.6 Å². The first-order valence-electron chi connectivity index (χ1n) is 12.1. The number of likely N-dealkylation sites (tertiary alicyclic amines) is 1. The number of quaternary nitrogens is 1. The van der Waals surface area contributed by atoms with Crippen LogP contribution < -0.4 is 15.4 Å². The van der Waals surface area contributed by atoms with Gasteiger partial charge in [-0.15, -0.1) is 0 Å². The predicted molar refractivity (Wildman–Crippen MR) is 131 cm³/mol. The molecule has 36 heavy (non-hydrogen) atoms. The van der Waals surface area contributed by atoms with Crippen molar-refractivity contribution in [2.75, 3.05) is 26.8 Å². The number of amides is 4. The van der Waals surface area contributed by atoms with Crippen LogP contribution in [0.25, 0.3) is 0 Å². The molecule has 0 spiro atoms. The Hall–Kier alpha value is -2.69. The highest BCUT2D eigenvalue weighted by Gasteiger charge is 2.54. The Bertz CT molecular complexity index is 1020. The number of hydrogen-bond acceptors (Lipinski definition) is 7. The number of benzene rings is 1. The van der Waals surface area contributed by atoms with Crippen LogP contribution in [0.1, 0.15) is 57.3 Å². The lowest BCUT2D eigenvalue weighted by Gasteiger charge is -2.37. The molecule has 2 fully saturated rings. The molecular weight excluding hydrogens is 490 g/mol. The van der Waals surface area contributed by atoms with Crippen LogP contribution in [0.2, 0.25) is 5.02 Å². The Morgan fingerprint density at radius 3 is 2.47 bits per heavy atom. The van der Waals surface area contributed by atoms with E-state index in [2.05, 4.69) is 10.6 Å². The van der Waals surface area contributed by atoms with Crippen LogP contribution in [-0.4, -0.2) is 73.5 Å². The summed E-state index contributed by atoms with van der Waals surface area (Å²) >= 11 is 6.34. The summed E-state index contributed by atoms with van der Waals surface area (Å²) in [6.07, 6.45) is -0.269. The fraction of sp³-hybridized carbons (Fsp3) is 0.600. The summed E-state index contributed by atoms with van der Waals surface area (Å²) in [5.74, 6) is -1.14. The van der Waals surface area contributed by atoms with E-state index < -0.39 is 52.1 Å². The van der Waals surface area contributed by atoms with Gasteiger partial charge in [0.05, 0.1) is 37.2 Å². The van der Waals surface area contributed by atoms with Crippen molar-refractivity contribution in [2.45, 2.75) is 65.3 Å². The molecule has 11 heteroatoms. The molecule has 0 bridgehead atoms. The van der Waals surface area contributed by atoms with E-state index in [1.807, 2.05) is 20.8 Å². The second kappa shape index (κ2) is 11.1. The van der Waals surface area contributed by atoms with Crippen molar-refractivity contribution in [1.29, 1.82) is 0 Å². The van der Waals surface area contributed by atoms with Gasteiger partial charge in [-0.2, -0.15) is 4.48 Å². The summed E-state index contributed by atoms with van der Waals surface area (Å²) < 4.78 is 15.5. The van der Waals surface area contributed by atoms with Crippen molar-refractivity contribution < 1.29 is 37.9 Å². The standard InChI is InChI=1S/C25H34ClN3O7/c1-6-35-17-14-18(30)36-22(17)28-24(33)29(12-7-8-13-29)23(32)20(25(2,3)4)27-21(31)15-10-9-11-16(34-5)19(15)26/h9-11,17,20,22H,6-8,12-14H2,1-5H3,(H-,27,28,31,33)/p+1/t17-,20+,22+/m0/s1. The minimum absolute atomic E-state index is 0.0225. The average molecular weight is 525 g/mol. The lowest BCUT2D eigenvalue weighted by atomic mass is 9.85. The van der Waals surface area contributed by atoms with Crippen LogP contribution >= 0.6 is 11.6 Å². The molecule has 0 unspecified atom stereocenters. The van der Waals surface area contributed by atoms with Gasteiger partial charge in [0, 0.05) is 19.4 Å². The molecule has 0 aliphatic carbocycles. The molecule has 2 heterocycles. The van der Waals surface area contributed by atoms with Gasteiger partial charge in [0.2, 0.25) is 6.23 Å². The zero-order valence-electron chi connectivity index (χ0n) is 21.4. The monoisotopic (exact) mass is 524 g/mol. The van der Waals surface area contributed by atoms with Crippen molar-refractivity contribution >= 4 is 35.4 Å². The molecule has 3 rings (SSSR count). The SMILES string of the molecule is CCO[C@H]1CC(=O)O[C@H]1NC(=O)[N+]1(C(=O)[C@@H](NC(=O)c2cccc(OC)c2Cl)C(C)(C)C)CCCC1. The van der Waals surface area contributed by atoms with Gasteiger partial charge in [-0.05, 0) is 24.5 Å². The van der Waals surface area contributed by atoms with Crippen molar-refractivity contribution in [2.24, 2.45) is 5.41 Å². The zero-order chi connectivity index (χ0) is 26.7. The van der Waals surface area contributed by atoms with Crippen LogP contribution in [-0.2, 0) is 19.1 Å². The van der Waals surface area contributed by atoms with E-state index in [1.54, 1.807) is 25.1 Å². The minimum atomic E-state index is -1.01. The number of methoxy groups -OCH3 is 1. The lowest BCUT2D eigenvalue weighted by molar-refractivity contribution is -0.761. The van der Waals surface area contributed by atoms with E-state index >= 15 is 0 Å². The van der Waals surface area contributed by atoms with Crippen molar-refractivity contribution in [3.8, 4) is 5.75 Å². The fourth-order valence-electron chi connectivity index (χ4n) is 4.61. The third-order valence-electron chi connectivity index (χ3n) is 6.57. The quantitative estimate of drug-likeness (QED) is 0.415. The number of carbonyl (C=O) groups excluding carboxylic acids is 4. The number of urea groups is 1. The minimum Gasteiger partial charge on any atom is -0.495 e. The largest absolute Gasteiger partial charge is 0.495 e. The molecule has 2 N–H and O–H groups in total. The van der Waals surface area contributed by atoms with Crippen LogP contribution in [0, 0.1) is 5.41 Å². The van der Waals surface area contributed by atoms with E-state index in [-0.39, 0.29) is 30.1 Å². The van der Waals surface area contributed by atoms with Crippen LogP contribution in [0.3, 0.4) is 0 Å². The maximum atomic E-state index is 14.1. The Balaban J connectivity index is 1.88. The molecule has 2 aliphatic rings. The second-order valence-corrected chi connectivity index (χ2v) is 10.5.